The molecule has 12 nitrogen and oxygen atoms in total. The van der Waals surface area contributed by atoms with Crippen molar-refractivity contribution in [3.8, 4) is 40.3 Å². The highest BCUT2D eigenvalue weighted by Crippen LogP contribution is 2.32. The second-order valence-electron chi connectivity index (χ2n) is 7.29. The van der Waals surface area contributed by atoms with Crippen molar-refractivity contribution in [1.29, 1.82) is 0 Å². The molecule has 0 unspecified atom stereocenters. The van der Waals surface area contributed by atoms with Crippen molar-refractivity contribution in [2.24, 2.45) is 0 Å². The molecule has 36 heavy (non-hydrogen) atoms. The Morgan fingerprint density at radius 3 is 2.31 bits per heavy atom. The minimum Gasteiger partial charge on any atom is -0.497 e. The van der Waals surface area contributed by atoms with Crippen LogP contribution in [-0.4, -0.2) is 69.8 Å². The van der Waals surface area contributed by atoms with Gasteiger partial charge in [-0.15, -0.1) is 15.3 Å². The van der Waals surface area contributed by atoms with E-state index in [1.54, 1.807) is 44.6 Å². The fraction of sp³-hybridized carbons (Fsp3) is 0.261. The van der Waals surface area contributed by atoms with Crippen LogP contribution < -0.4 is 28.4 Å². The van der Waals surface area contributed by atoms with E-state index in [4.69, 9.17) is 23.7 Å². The maximum Gasteiger partial charge on any atom is 0.240 e. The largest absolute Gasteiger partial charge is 0.497 e. The fourth-order valence-electron chi connectivity index (χ4n) is 3.40. The van der Waals surface area contributed by atoms with E-state index in [2.05, 4.69) is 20.0 Å². The first-order valence-electron chi connectivity index (χ1n) is 10.7. The van der Waals surface area contributed by atoms with E-state index in [-0.39, 0.29) is 23.9 Å². The van der Waals surface area contributed by atoms with E-state index in [0.717, 1.165) is 0 Å². The van der Waals surface area contributed by atoms with Gasteiger partial charge >= 0.3 is 0 Å². The molecular weight excluding hydrogens is 490 g/mol. The standard InChI is InChI=1S/C23H25N5O7S/c1-31-15-5-7-18(32-2)17(13-15)23-26-25-21-9-10-22(27-28(21)23)35-12-11-24-36(29,30)16-6-8-19(33-3)20(14-16)34-4/h5-10,13-14,24H,11-12H2,1-4H3. The number of ether oxygens (including phenoxy) is 5. The third kappa shape index (κ3) is 5.11. The van der Waals surface area contributed by atoms with Gasteiger partial charge in [-0.3, -0.25) is 0 Å². The smallest absolute Gasteiger partial charge is 0.240 e. The molecule has 190 valence electrons. The first-order chi connectivity index (χ1) is 17.4. The molecule has 0 saturated carbocycles. The predicted molar refractivity (Wildman–Crippen MR) is 130 cm³/mol. The number of nitrogens with one attached hydrogen (secondary N) is 1. The van der Waals surface area contributed by atoms with Crippen molar-refractivity contribution in [2.45, 2.75) is 4.90 Å². The van der Waals surface area contributed by atoms with E-state index in [0.29, 0.717) is 40.0 Å². The Hall–Kier alpha value is -4.10. The zero-order chi connectivity index (χ0) is 25.7. The summed E-state index contributed by atoms with van der Waals surface area (Å²) in [5.41, 5.74) is 1.13. The molecule has 0 radical (unpaired) electrons. The maximum absolute atomic E-state index is 12.6. The highest BCUT2D eigenvalue weighted by molar-refractivity contribution is 7.89. The van der Waals surface area contributed by atoms with Gasteiger partial charge < -0.3 is 23.7 Å². The van der Waals surface area contributed by atoms with Crippen LogP contribution in [-0.2, 0) is 10.0 Å². The molecule has 0 aliphatic carbocycles. The number of nitrogens with zero attached hydrogens (tertiary/aromatic N) is 4. The van der Waals surface area contributed by atoms with Gasteiger partial charge in [0.05, 0.1) is 38.9 Å². The molecule has 0 saturated heterocycles. The van der Waals surface area contributed by atoms with Crippen molar-refractivity contribution in [3.63, 3.8) is 0 Å². The van der Waals surface area contributed by atoms with Crippen molar-refractivity contribution < 1.29 is 32.1 Å². The van der Waals surface area contributed by atoms with Crippen molar-refractivity contribution in [1.82, 2.24) is 24.5 Å². The van der Waals surface area contributed by atoms with Gasteiger partial charge in [0.2, 0.25) is 15.9 Å². The minimum atomic E-state index is -3.79. The normalized spacial score (nSPS) is 11.3. The van der Waals surface area contributed by atoms with Crippen LogP contribution in [0.25, 0.3) is 17.0 Å². The number of hydrogen-bond donors (Lipinski definition) is 1. The summed E-state index contributed by atoms with van der Waals surface area (Å²) in [5.74, 6) is 2.63. The first-order valence-corrected chi connectivity index (χ1v) is 12.2. The molecular formula is C23H25N5O7S. The number of aromatic nitrogens is 4. The van der Waals surface area contributed by atoms with E-state index >= 15 is 0 Å². The lowest BCUT2D eigenvalue weighted by Crippen LogP contribution is -2.28. The van der Waals surface area contributed by atoms with Crippen LogP contribution in [0, 0.1) is 0 Å². The molecule has 4 rings (SSSR count). The lowest BCUT2D eigenvalue weighted by atomic mass is 10.2. The number of methoxy groups -OCH3 is 4. The van der Waals surface area contributed by atoms with Crippen LogP contribution in [0.1, 0.15) is 0 Å². The third-order valence-electron chi connectivity index (χ3n) is 5.20. The molecule has 4 aromatic rings. The number of benzene rings is 2. The zero-order valence-electron chi connectivity index (χ0n) is 20.1. The molecule has 0 amide bonds. The molecule has 0 spiro atoms. The highest BCUT2D eigenvalue weighted by atomic mass is 32.2. The monoisotopic (exact) mass is 515 g/mol. The van der Waals surface area contributed by atoms with E-state index in [9.17, 15) is 8.42 Å². The summed E-state index contributed by atoms with van der Waals surface area (Å²) in [6, 6.07) is 13.0. The minimum absolute atomic E-state index is 0.00907. The molecule has 0 aliphatic heterocycles. The molecule has 2 aromatic carbocycles. The first kappa shape index (κ1) is 25.0. The number of rotatable bonds is 11. The van der Waals surface area contributed by atoms with Crippen LogP contribution in [0.15, 0.2) is 53.4 Å². The Balaban J connectivity index is 1.47. The second kappa shape index (κ2) is 10.7. The Morgan fingerprint density at radius 2 is 1.58 bits per heavy atom. The fourth-order valence-corrected chi connectivity index (χ4v) is 4.43. The van der Waals surface area contributed by atoms with Crippen LogP contribution in [0.3, 0.4) is 0 Å². The van der Waals surface area contributed by atoms with E-state index < -0.39 is 10.0 Å². The Kier molecular flexibility index (Phi) is 7.41. The summed E-state index contributed by atoms with van der Waals surface area (Å²) < 4.78 is 56.0. The van der Waals surface area contributed by atoms with Gasteiger partial charge in [0.25, 0.3) is 0 Å². The summed E-state index contributed by atoms with van der Waals surface area (Å²) >= 11 is 0. The molecule has 2 aromatic heterocycles. The van der Waals surface area contributed by atoms with Crippen molar-refractivity contribution >= 4 is 15.7 Å². The van der Waals surface area contributed by atoms with Crippen LogP contribution >= 0.6 is 0 Å². The Labute approximate surface area is 207 Å². The number of fused-ring (bicyclic) bond motifs is 1. The van der Waals surface area contributed by atoms with Gasteiger partial charge in [0.1, 0.15) is 18.1 Å². The van der Waals surface area contributed by atoms with Gasteiger partial charge in [-0.25, -0.2) is 13.1 Å². The molecule has 1 N–H and O–H groups in total. The summed E-state index contributed by atoms with van der Waals surface area (Å²) in [4.78, 5) is 0.0427. The van der Waals surface area contributed by atoms with Gasteiger partial charge in [-0.05, 0) is 36.4 Å². The summed E-state index contributed by atoms with van der Waals surface area (Å²) in [7, 11) is 2.24. The summed E-state index contributed by atoms with van der Waals surface area (Å²) in [6.07, 6.45) is 0. The van der Waals surface area contributed by atoms with Crippen molar-refractivity contribution in [3.05, 3.63) is 48.5 Å². The molecule has 13 heteroatoms. The summed E-state index contributed by atoms with van der Waals surface area (Å²) in [5, 5.41) is 12.8. The van der Waals surface area contributed by atoms with Gasteiger partial charge in [-0.2, -0.15) is 4.52 Å². The van der Waals surface area contributed by atoms with Gasteiger partial charge in [-0.1, -0.05) is 0 Å². The lowest BCUT2D eigenvalue weighted by molar-refractivity contribution is 0.306. The maximum atomic E-state index is 12.6. The number of sulfonamides is 1. The van der Waals surface area contributed by atoms with E-state index in [1.807, 2.05) is 0 Å². The second-order valence-corrected chi connectivity index (χ2v) is 9.06. The van der Waals surface area contributed by atoms with Gasteiger partial charge in [0, 0.05) is 18.7 Å². The number of hydrogen-bond acceptors (Lipinski definition) is 10. The molecule has 0 atom stereocenters. The Morgan fingerprint density at radius 1 is 0.833 bits per heavy atom. The highest BCUT2D eigenvalue weighted by Gasteiger charge is 2.18. The van der Waals surface area contributed by atoms with Crippen LogP contribution in [0.2, 0.25) is 0 Å². The topological polar surface area (TPSA) is 135 Å². The molecule has 0 fully saturated rings. The zero-order valence-corrected chi connectivity index (χ0v) is 20.9. The molecule has 0 bridgehead atoms. The quantitative estimate of drug-likeness (QED) is 0.296. The van der Waals surface area contributed by atoms with E-state index in [1.165, 1.54) is 36.9 Å². The predicted octanol–water partition coefficient (Wildman–Crippen LogP) is 2.18. The molecule has 0 aliphatic rings. The Bertz CT molecular complexity index is 1470. The van der Waals surface area contributed by atoms with Crippen LogP contribution in [0.4, 0.5) is 0 Å². The third-order valence-corrected chi connectivity index (χ3v) is 6.65. The average molecular weight is 516 g/mol. The van der Waals surface area contributed by atoms with Gasteiger partial charge in [0.15, 0.2) is 23.0 Å². The molecule has 2 heterocycles. The lowest BCUT2D eigenvalue weighted by Gasteiger charge is -2.11. The van der Waals surface area contributed by atoms with Crippen LogP contribution in [0.5, 0.6) is 28.9 Å². The average Bonchev–Trinajstić information content (AvgIpc) is 3.33. The van der Waals surface area contributed by atoms with Crippen molar-refractivity contribution in [2.75, 3.05) is 41.6 Å². The summed E-state index contributed by atoms with van der Waals surface area (Å²) in [6.45, 7) is 0.0418. The SMILES string of the molecule is COc1ccc(OC)c(-c2nnc3ccc(OCCNS(=O)(=O)c4ccc(OC)c(OC)c4)nn23)c1.